The lowest BCUT2D eigenvalue weighted by molar-refractivity contribution is -0.137. The van der Waals surface area contributed by atoms with Crippen molar-refractivity contribution in [3.63, 3.8) is 0 Å². The molecule has 144 valence electrons. The lowest BCUT2D eigenvalue weighted by atomic mass is 9.99. The van der Waals surface area contributed by atoms with Gasteiger partial charge in [-0.1, -0.05) is 48.5 Å². The normalized spacial score (nSPS) is 17.9. The number of anilines is 1. The molecule has 0 radical (unpaired) electrons. The Morgan fingerprint density at radius 1 is 0.828 bits per heavy atom. The summed E-state index contributed by atoms with van der Waals surface area (Å²) in [5, 5.41) is 2.99. The molecule has 1 unspecified atom stereocenters. The average Bonchev–Trinajstić information content (AvgIpc) is 2.88. The van der Waals surface area contributed by atoms with Gasteiger partial charge in [-0.3, -0.25) is 4.79 Å². The highest BCUT2D eigenvalue weighted by atomic mass is 32.2. The summed E-state index contributed by atoms with van der Waals surface area (Å²) in [6, 6.07) is 20.2. The van der Waals surface area contributed by atoms with Crippen LogP contribution < -0.4 is 5.32 Å². The summed E-state index contributed by atoms with van der Waals surface area (Å²) in [6.45, 7) is 0. The predicted octanol–water partition coefficient (Wildman–Crippen LogP) is 6.57. The van der Waals surface area contributed by atoms with Crippen LogP contribution in [0.4, 0.5) is 18.9 Å². The van der Waals surface area contributed by atoms with E-state index in [2.05, 4.69) is 5.32 Å². The molecule has 6 heteroatoms. The van der Waals surface area contributed by atoms with Crippen LogP contribution in [-0.4, -0.2) is 5.78 Å². The van der Waals surface area contributed by atoms with Crippen molar-refractivity contribution in [1.29, 1.82) is 0 Å². The SMILES string of the molecule is O=C1C2=C(Nc3ccccc3SC2c2ccc(C(F)(F)F)cc2)c2ccccc21. The molecular formula is C23H14F3NOS. The molecule has 1 aliphatic carbocycles. The molecule has 0 bridgehead atoms. The Morgan fingerprint density at radius 2 is 1.48 bits per heavy atom. The highest BCUT2D eigenvalue weighted by molar-refractivity contribution is 8.00. The fourth-order valence-electron chi connectivity index (χ4n) is 3.76. The van der Waals surface area contributed by atoms with Crippen molar-refractivity contribution in [3.8, 4) is 0 Å². The van der Waals surface area contributed by atoms with Crippen molar-refractivity contribution in [3.05, 3.63) is 101 Å². The third-order valence-electron chi connectivity index (χ3n) is 5.15. The van der Waals surface area contributed by atoms with Crippen molar-refractivity contribution in [2.45, 2.75) is 16.3 Å². The first-order valence-corrected chi connectivity index (χ1v) is 9.89. The van der Waals surface area contributed by atoms with Crippen LogP contribution in [0.3, 0.4) is 0 Å². The van der Waals surface area contributed by atoms with Gasteiger partial charge in [-0.15, -0.1) is 11.8 Å². The summed E-state index contributed by atoms with van der Waals surface area (Å²) in [5.74, 6) is -0.0895. The number of hydrogen-bond acceptors (Lipinski definition) is 3. The van der Waals surface area contributed by atoms with E-state index in [1.165, 1.54) is 23.9 Å². The largest absolute Gasteiger partial charge is 0.416 e. The number of halogens is 3. The van der Waals surface area contributed by atoms with Gasteiger partial charge in [-0.2, -0.15) is 13.2 Å². The molecule has 1 N–H and O–H groups in total. The van der Waals surface area contributed by atoms with E-state index in [-0.39, 0.29) is 5.78 Å². The molecule has 29 heavy (non-hydrogen) atoms. The summed E-state index contributed by atoms with van der Waals surface area (Å²) < 4.78 is 39.0. The maximum absolute atomic E-state index is 13.3. The molecule has 2 aliphatic rings. The van der Waals surface area contributed by atoms with Gasteiger partial charge in [0.1, 0.15) is 0 Å². The molecule has 2 nitrogen and oxygen atoms in total. The second-order valence-electron chi connectivity index (χ2n) is 6.90. The zero-order chi connectivity index (χ0) is 20.2. The first-order valence-electron chi connectivity index (χ1n) is 9.01. The Kier molecular flexibility index (Phi) is 4.06. The third-order valence-corrected chi connectivity index (χ3v) is 6.50. The van der Waals surface area contributed by atoms with Crippen molar-refractivity contribution in [1.82, 2.24) is 0 Å². The Balaban J connectivity index is 1.68. The van der Waals surface area contributed by atoms with E-state index in [9.17, 15) is 18.0 Å². The highest BCUT2D eigenvalue weighted by Crippen LogP contribution is 2.52. The number of ketones is 1. The second kappa shape index (κ2) is 6.52. The van der Waals surface area contributed by atoms with Crippen LogP contribution in [0.2, 0.25) is 0 Å². The monoisotopic (exact) mass is 409 g/mol. The number of carbonyl (C=O) groups excluding carboxylic acids is 1. The smallest absolute Gasteiger partial charge is 0.354 e. The van der Waals surface area contributed by atoms with Gasteiger partial charge in [0.05, 0.1) is 22.2 Å². The first kappa shape index (κ1) is 18.1. The standard InChI is InChI=1S/C23H14F3NOS/c24-23(25,26)14-11-9-13(10-12-14)22-19-20(15-5-1-2-6-16(15)21(19)28)27-17-7-3-4-8-18(17)29-22/h1-12,22,27H. The maximum Gasteiger partial charge on any atom is 0.416 e. The van der Waals surface area contributed by atoms with Crippen LogP contribution >= 0.6 is 11.8 Å². The van der Waals surface area contributed by atoms with Gasteiger partial charge in [-0.25, -0.2) is 0 Å². The fraction of sp³-hybridized carbons (Fsp3) is 0.0870. The Morgan fingerprint density at radius 3 is 2.21 bits per heavy atom. The predicted molar refractivity (Wildman–Crippen MR) is 108 cm³/mol. The maximum atomic E-state index is 13.3. The van der Waals surface area contributed by atoms with E-state index in [1.807, 2.05) is 42.5 Å². The van der Waals surface area contributed by atoms with Crippen LogP contribution in [0, 0.1) is 0 Å². The summed E-state index contributed by atoms with van der Waals surface area (Å²) in [7, 11) is 0. The lowest BCUT2D eigenvalue weighted by Crippen LogP contribution is -2.09. The number of fused-ring (bicyclic) bond motifs is 3. The van der Waals surface area contributed by atoms with Gasteiger partial charge in [0.15, 0.2) is 5.78 Å². The van der Waals surface area contributed by atoms with E-state index in [1.54, 1.807) is 6.07 Å². The van der Waals surface area contributed by atoms with Crippen molar-refractivity contribution in [2.75, 3.05) is 5.32 Å². The Labute approximate surface area is 169 Å². The fourth-order valence-corrected chi connectivity index (χ4v) is 5.06. The molecular weight excluding hydrogens is 395 g/mol. The minimum Gasteiger partial charge on any atom is -0.354 e. The molecule has 0 aromatic heterocycles. The number of nitrogens with one attached hydrogen (secondary N) is 1. The van der Waals surface area contributed by atoms with Crippen molar-refractivity contribution in [2.24, 2.45) is 0 Å². The first-order chi connectivity index (χ1) is 13.9. The number of rotatable bonds is 1. The number of carbonyl (C=O) groups is 1. The number of para-hydroxylation sites is 1. The van der Waals surface area contributed by atoms with E-state index >= 15 is 0 Å². The van der Waals surface area contributed by atoms with Crippen LogP contribution in [0.25, 0.3) is 5.70 Å². The number of thioether (sulfide) groups is 1. The van der Waals surface area contributed by atoms with Crippen molar-refractivity contribution < 1.29 is 18.0 Å². The number of alkyl halides is 3. The van der Waals surface area contributed by atoms with Crippen LogP contribution in [0.5, 0.6) is 0 Å². The number of benzene rings is 3. The van der Waals surface area contributed by atoms with Gasteiger partial charge in [0, 0.05) is 21.6 Å². The molecule has 0 saturated carbocycles. The van der Waals surface area contributed by atoms with E-state index < -0.39 is 17.0 Å². The van der Waals surface area contributed by atoms with Gasteiger partial charge in [0.2, 0.25) is 0 Å². The molecule has 1 heterocycles. The quantitative estimate of drug-likeness (QED) is 0.493. The van der Waals surface area contributed by atoms with Gasteiger partial charge in [-0.05, 0) is 29.8 Å². The molecule has 0 spiro atoms. The minimum atomic E-state index is -4.40. The van der Waals surface area contributed by atoms with Crippen LogP contribution in [0.1, 0.15) is 32.3 Å². The van der Waals surface area contributed by atoms with Crippen molar-refractivity contribution >= 4 is 28.9 Å². The van der Waals surface area contributed by atoms with Gasteiger partial charge >= 0.3 is 6.18 Å². The van der Waals surface area contributed by atoms with Gasteiger partial charge < -0.3 is 5.32 Å². The summed E-state index contributed by atoms with van der Waals surface area (Å²) >= 11 is 1.47. The second-order valence-corrected chi connectivity index (χ2v) is 8.05. The zero-order valence-corrected chi connectivity index (χ0v) is 15.8. The molecule has 5 rings (SSSR count). The molecule has 1 atom stereocenters. The minimum absolute atomic E-state index is 0.0895. The zero-order valence-electron chi connectivity index (χ0n) is 15.0. The molecule has 3 aromatic rings. The molecule has 3 aromatic carbocycles. The Hall–Kier alpha value is -2.99. The summed E-state index contributed by atoms with van der Waals surface area (Å²) in [4.78, 5) is 14.2. The average molecular weight is 409 g/mol. The van der Waals surface area contributed by atoms with Gasteiger partial charge in [0.25, 0.3) is 0 Å². The van der Waals surface area contributed by atoms with Crippen LogP contribution in [0.15, 0.2) is 83.3 Å². The topological polar surface area (TPSA) is 29.1 Å². The highest BCUT2D eigenvalue weighted by Gasteiger charge is 2.38. The summed E-state index contributed by atoms with van der Waals surface area (Å²) in [6.07, 6.45) is -4.40. The summed E-state index contributed by atoms with van der Waals surface area (Å²) in [5.41, 5.74) is 3.58. The molecule has 0 fully saturated rings. The van der Waals surface area contributed by atoms with E-state index in [0.29, 0.717) is 16.7 Å². The third kappa shape index (κ3) is 2.95. The molecule has 0 saturated heterocycles. The Bertz CT molecular complexity index is 1170. The number of Topliss-reactive ketones (excluding diaryl/α,β-unsaturated/α-hetero) is 1. The molecule has 0 amide bonds. The lowest BCUT2D eigenvalue weighted by Gasteiger charge is -2.18. The van der Waals surface area contributed by atoms with Crippen LogP contribution in [-0.2, 0) is 6.18 Å². The van der Waals surface area contributed by atoms with E-state index in [0.717, 1.165) is 34.0 Å². The van der Waals surface area contributed by atoms with E-state index in [4.69, 9.17) is 0 Å². The number of hydrogen-bond donors (Lipinski definition) is 1. The molecule has 1 aliphatic heterocycles.